The van der Waals surface area contributed by atoms with Crippen molar-refractivity contribution in [3.8, 4) is 44.8 Å². The standard InChI is InChI=1S/C66H51N7/c1-66(2)57-24-14-13-23-55(57)56-38-36-53(42-58(56)66)71(51-32-27-46(28-33-51)45-17-7-4-8-18-45)52-34-29-47(30-35-52)48-31-40-61-60(41-48)68-44-67-59-39-37-54(43-64(59)72(61)50-21-11-6-12-22-50)73-63-26-16-15-25-62(63)70(3)65(73)69-49-19-9-5-10-20-49/h4-44H,1-3H3,(H,67,68). The maximum Gasteiger partial charge on any atom is 0.215 e. The van der Waals surface area contributed by atoms with Crippen LogP contribution in [0.25, 0.3) is 77.9 Å². The van der Waals surface area contributed by atoms with E-state index in [0.717, 1.165) is 84.0 Å². The number of nitrogens with zero attached hydrogens (tertiary/aromatic N) is 6. The summed E-state index contributed by atoms with van der Waals surface area (Å²) in [6, 6.07) is 86.6. The smallest absolute Gasteiger partial charge is 0.215 e. The minimum atomic E-state index is -0.129. The highest BCUT2D eigenvalue weighted by atomic mass is 15.2. The summed E-state index contributed by atoms with van der Waals surface area (Å²) in [5, 5.41) is 0. The van der Waals surface area contributed by atoms with E-state index >= 15 is 0 Å². The Kier molecular flexibility index (Phi) is 10.6. The van der Waals surface area contributed by atoms with E-state index in [1.165, 1.54) is 33.4 Å². The van der Waals surface area contributed by atoms with Crippen LogP contribution in [0.5, 0.6) is 0 Å². The average Bonchev–Trinajstić information content (AvgIpc) is 3.85. The Hall–Kier alpha value is -9.46. The summed E-state index contributed by atoms with van der Waals surface area (Å²) >= 11 is 0. The number of nitrogens with one attached hydrogen (secondary N) is 1. The van der Waals surface area contributed by atoms with E-state index < -0.39 is 0 Å². The van der Waals surface area contributed by atoms with Gasteiger partial charge in [0.25, 0.3) is 0 Å². The van der Waals surface area contributed by atoms with Gasteiger partial charge < -0.3 is 19.0 Å². The highest BCUT2D eigenvalue weighted by Crippen LogP contribution is 2.50. The first-order valence-corrected chi connectivity index (χ1v) is 24.9. The number of para-hydroxylation sites is 4. The van der Waals surface area contributed by atoms with E-state index in [2.05, 4.69) is 257 Å². The Morgan fingerprint density at radius 3 is 1.77 bits per heavy atom. The van der Waals surface area contributed by atoms with Crippen molar-refractivity contribution < 1.29 is 0 Å². The predicted molar refractivity (Wildman–Crippen MR) is 301 cm³/mol. The van der Waals surface area contributed by atoms with E-state index in [1.54, 1.807) is 0 Å². The van der Waals surface area contributed by atoms with Crippen LogP contribution in [-0.4, -0.2) is 23.7 Å². The minimum absolute atomic E-state index is 0.129. The molecule has 0 spiro atoms. The van der Waals surface area contributed by atoms with Crippen molar-refractivity contribution in [3.63, 3.8) is 0 Å². The molecule has 10 aromatic carbocycles. The van der Waals surface area contributed by atoms with Gasteiger partial charge in [-0.1, -0.05) is 153 Å². The number of anilines is 3. The van der Waals surface area contributed by atoms with Crippen molar-refractivity contribution in [2.75, 3.05) is 4.90 Å². The second-order valence-electron chi connectivity index (χ2n) is 19.3. The molecule has 1 aliphatic rings. The van der Waals surface area contributed by atoms with Crippen LogP contribution in [0.2, 0.25) is 0 Å². The van der Waals surface area contributed by atoms with Crippen molar-refractivity contribution in [2.45, 2.75) is 19.3 Å². The first-order valence-electron chi connectivity index (χ1n) is 24.9. The minimum Gasteiger partial charge on any atom is -0.345 e. The number of rotatable bonds is 8. The van der Waals surface area contributed by atoms with E-state index in [4.69, 9.17) is 9.98 Å². The molecule has 7 nitrogen and oxygen atoms in total. The predicted octanol–water partition coefficient (Wildman–Crippen LogP) is 16.3. The number of benzene rings is 10. The molecule has 0 saturated carbocycles. The fourth-order valence-corrected chi connectivity index (χ4v) is 10.9. The zero-order valence-corrected chi connectivity index (χ0v) is 40.9. The molecule has 7 heteroatoms. The van der Waals surface area contributed by atoms with Crippen LogP contribution in [-0.2, 0) is 12.5 Å². The van der Waals surface area contributed by atoms with Crippen LogP contribution in [0, 0.1) is 0 Å². The summed E-state index contributed by atoms with van der Waals surface area (Å²) in [6.45, 7) is 4.69. The van der Waals surface area contributed by atoms with Crippen LogP contribution in [0.3, 0.4) is 0 Å². The third-order valence-electron chi connectivity index (χ3n) is 14.6. The Labute approximate surface area is 424 Å². The molecular formula is C66H51N7. The van der Waals surface area contributed by atoms with Gasteiger partial charge in [-0.05, 0) is 148 Å². The van der Waals surface area contributed by atoms with E-state index in [1.807, 2.05) is 36.7 Å². The molecule has 0 saturated heterocycles. The number of fused-ring (bicyclic) bond motifs is 6. The molecule has 0 bridgehead atoms. The lowest BCUT2D eigenvalue weighted by Crippen LogP contribution is -2.22. The highest BCUT2D eigenvalue weighted by molar-refractivity contribution is 5.91. The zero-order chi connectivity index (χ0) is 49.0. The molecule has 12 aromatic rings. The summed E-state index contributed by atoms with van der Waals surface area (Å²) in [6.07, 6.45) is 1.81. The Bertz CT molecular complexity index is 4160. The van der Waals surface area contributed by atoms with Gasteiger partial charge in [-0.2, -0.15) is 0 Å². The zero-order valence-electron chi connectivity index (χ0n) is 40.9. The van der Waals surface area contributed by atoms with Gasteiger partial charge in [-0.25, -0.2) is 9.98 Å². The van der Waals surface area contributed by atoms with Crippen LogP contribution in [0.1, 0.15) is 25.0 Å². The Morgan fingerprint density at radius 2 is 1.03 bits per heavy atom. The van der Waals surface area contributed by atoms with Crippen LogP contribution in [0.15, 0.2) is 254 Å². The van der Waals surface area contributed by atoms with Crippen LogP contribution >= 0.6 is 0 Å². The molecule has 0 aliphatic heterocycles. The molecule has 350 valence electrons. The average molecular weight is 942 g/mol. The third-order valence-corrected chi connectivity index (χ3v) is 14.6. The second-order valence-corrected chi connectivity index (χ2v) is 19.3. The summed E-state index contributed by atoms with van der Waals surface area (Å²) in [7, 11) is 2.08. The maximum absolute atomic E-state index is 5.21. The first-order chi connectivity index (χ1) is 35.9. The molecule has 0 unspecified atom stereocenters. The molecule has 2 aromatic heterocycles. The van der Waals surface area contributed by atoms with Crippen molar-refractivity contribution in [1.29, 1.82) is 0 Å². The SMILES string of the molecule is Cn1c(=Nc2ccccc2)n(-c2ccc3nc[nH]c4cc(-c5ccc(N(c6ccc(-c7ccccc7)cc6)c6ccc7c(c6)C(C)(C)c6ccccc6-7)cc5)ccc4n(-c4ccccc4)c3c2)c2ccccc21. The molecule has 0 radical (unpaired) electrons. The van der Waals surface area contributed by atoms with Gasteiger partial charge >= 0.3 is 0 Å². The van der Waals surface area contributed by atoms with Crippen molar-refractivity contribution in [3.05, 3.63) is 266 Å². The Morgan fingerprint density at radius 1 is 0.438 bits per heavy atom. The number of aryl methyl sites for hydroxylation is 1. The van der Waals surface area contributed by atoms with E-state index in [0.29, 0.717) is 0 Å². The summed E-state index contributed by atoms with van der Waals surface area (Å²) in [4.78, 5) is 16.2. The number of imidazole rings is 1. The molecular weight excluding hydrogens is 891 g/mol. The molecule has 13 rings (SSSR count). The van der Waals surface area contributed by atoms with Gasteiger partial charge in [0.15, 0.2) is 0 Å². The molecule has 1 aliphatic carbocycles. The second kappa shape index (κ2) is 17.7. The molecule has 0 fully saturated rings. The van der Waals surface area contributed by atoms with Gasteiger partial charge in [0.05, 0.1) is 50.8 Å². The normalized spacial score (nSPS) is 12.8. The molecule has 0 atom stereocenters. The number of aromatic amines is 1. The van der Waals surface area contributed by atoms with Gasteiger partial charge in [0, 0.05) is 35.2 Å². The van der Waals surface area contributed by atoms with E-state index in [-0.39, 0.29) is 5.41 Å². The molecule has 0 amide bonds. The van der Waals surface area contributed by atoms with Crippen molar-refractivity contribution in [1.82, 2.24) is 23.7 Å². The quantitative estimate of drug-likeness (QED) is 0.165. The highest BCUT2D eigenvalue weighted by Gasteiger charge is 2.35. The summed E-state index contributed by atoms with van der Waals surface area (Å²) in [5.41, 5.74) is 22.6. The fraction of sp³-hybridized carbons (Fsp3) is 0.0606. The lowest BCUT2D eigenvalue weighted by molar-refractivity contribution is 0.660. The number of hydrogen-bond donors (Lipinski definition) is 1. The van der Waals surface area contributed by atoms with Crippen molar-refractivity contribution in [2.24, 2.45) is 12.0 Å². The Balaban J connectivity index is 0.932. The monoisotopic (exact) mass is 941 g/mol. The van der Waals surface area contributed by atoms with Crippen LogP contribution < -0.4 is 10.5 Å². The molecule has 1 N–H and O–H groups in total. The van der Waals surface area contributed by atoms with Gasteiger partial charge in [-0.3, -0.25) is 4.57 Å². The topological polar surface area (TPSA) is 59.1 Å². The van der Waals surface area contributed by atoms with Gasteiger partial charge in [-0.15, -0.1) is 0 Å². The van der Waals surface area contributed by atoms with E-state index in [9.17, 15) is 0 Å². The molecule has 2 heterocycles. The van der Waals surface area contributed by atoms with Gasteiger partial charge in [0.2, 0.25) is 5.62 Å². The summed E-state index contributed by atoms with van der Waals surface area (Å²) < 4.78 is 6.71. The number of hydrogen-bond acceptors (Lipinski definition) is 3. The summed E-state index contributed by atoms with van der Waals surface area (Å²) in [5.74, 6) is 0. The lowest BCUT2D eigenvalue weighted by Gasteiger charge is -2.28. The largest absolute Gasteiger partial charge is 0.345 e. The third kappa shape index (κ3) is 7.61. The lowest BCUT2D eigenvalue weighted by atomic mass is 9.82. The first kappa shape index (κ1) is 43.6. The van der Waals surface area contributed by atoms with Crippen molar-refractivity contribution >= 4 is 55.8 Å². The van der Waals surface area contributed by atoms with Crippen LogP contribution in [0.4, 0.5) is 22.7 Å². The fourth-order valence-electron chi connectivity index (χ4n) is 10.9. The maximum atomic E-state index is 5.21. The number of aromatic nitrogens is 5. The molecule has 73 heavy (non-hydrogen) atoms. The number of H-pyrrole nitrogens is 1. The van der Waals surface area contributed by atoms with Gasteiger partial charge in [0.1, 0.15) is 0 Å².